The van der Waals surface area contributed by atoms with Gasteiger partial charge in [0.2, 0.25) is 5.82 Å². The first-order valence-electron chi connectivity index (χ1n) is 13.9. The summed E-state index contributed by atoms with van der Waals surface area (Å²) >= 11 is 0. The maximum absolute atomic E-state index is 12.1. The number of imidazole rings is 1. The standard InChI is InChI=1S/C31H30N6O7/c1-18(38)41-16-24-27(42-19(2)39)28(43-20(3)40)31(44-24)37-17-34-26-29(35-25(14-32)36-30(26)37)33-15-23(21-10-6-4-7-11-21)22-12-8-5-9-13-22/h4-13,17,23-24,27-28,31H,15-16H2,1-3H3,(H,33,35,36). The Labute approximate surface area is 252 Å². The van der Waals surface area contributed by atoms with Crippen molar-refractivity contribution in [3.05, 3.63) is 83.9 Å². The molecule has 1 saturated heterocycles. The Hall–Kier alpha value is -5.35. The van der Waals surface area contributed by atoms with E-state index in [1.807, 2.05) is 66.7 Å². The first-order valence-corrected chi connectivity index (χ1v) is 13.9. The lowest BCUT2D eigenvalue weighted by Gasteiger charge is -2.23. The molecule has 0 spiro atoms. The highest BCUT2D eigenvalue weighted by molar-refractivity contribution is 5.83. The van der Waals surface area contributed by atoms with E-state index < -0.39 is 42.4 Å². The van der Waals surface area contributed by atoms with Gasteiger partial charge in [0.15, 0.2) is 35.4 Å². The molecule has 4 aromatic rings. The summed E-state index contributed by atoms with van der Waals surface area (Å²) in [5.41, 5.74) is 2.72. The lowest BCUT2D eigenvalue weighted by molar-refractivity contribution is -0.166. The third kappa shape index (κ3) is 6.66. The molecule has 3 heterocycles. The molecule has 4 atom stereocenters. The molecule has 1 aliphatic heterocycles. The van der Waals surface area contributed by atoms with Crippen molar-refractivity contribution in [2.75, 3.05) is 18.5 Å². The first-order chi connectivity index (χ1) is 21.2. The highest BCUT2D eigenvalue weighted by Gasteiger charge is 2.51. The molecule has 226 valence electrons. The zero-order valence-corrected chi connectivity index (χ0v) is 24.2. The number of carbonyl (C=O) groups is 3. The zero-order chi connectivity index (χ0) is 31.2. The molecule has 1 aliphatic rings. The Bertz CT molecular complexity index is 1650. The van der Waals surface area contributed by atoms with Crippen molar-refractivity contribution in [2.24, 2.45) is 0 Å². The molecule has 4 unspecified atom stereocenters. The molecule has 1 N–H and O–H groups in total. The molecule has 2 aromatic carbocycles. The Kier molecular flexibility index (Phi) is 9.11. The van der Waals surface area contributed by atoms with Crippen LogP contribution in [0.3, 0.4) is 0 Å². The average Bonchev–Trinajstić information content (AvgIpc) is 3.57. The van der Waals surface area contributed by atoms with Crippen molar-refractivity contribution in [1.29, 1.82) is 5.26 Å². The van der Waals surface area contributed by atoms with Crippen molar-refractivity contribution in [2.45, 2.75) is 51.2 Å². The summed E-state index contributed by atoms with van der Waals surface area (Å²) in [6, 6.07) is 22.0. The number of carbonyl (C=O) groups excluding carboxylic acids is 3. The molecular weight excluding hydrogens is 568 g/mol. The largest absolute Gasteiger partial charge is 0.463 e. The van der Waals surface area contributed by atoms with Crippen LogP contribution in [0.2, 0.25) is 0 Å². The van der Waals surface area contributed by atoms with Crippen LogP contribution < -0.4 is 5.32 Å². The highest BCUT2D eigenvalue weighted by Crippen LogP contribution is 2.37. The quantitative estimate of drug-likeness (QED) is 0.209. The molecule has 2 aromatic heterocycles. The zero-order valence-electron chi connectivity index (χ0n) is 24.2. The average molecular weight is 599 g/mol. The first kappa shape index (κ1) is 30.1. The third-order valence-electron chi connectivity index (χ3n) is 7.01. The number of rotatable bonds is 10. The van der Waals surface area contributed by atoms with Crippen LogP contribution >= 0.6 is 0 Å². The predicted octanol–water partition coefficient (Wildman–Crippen LogP) is 3.27. The molecule has 44 heavy (non-hydrogen) atoms. The molecule has 5 rings (SSSR count). The number of esters is 3. The summed E-state index contributed by atoms with van der Waals surface area (Å²) in [5.74, 6) is -1.73. The number of anilines is 1. The number of nitrogens with one attached hydrogen (secondary N) is 1. The molecule has 1 fully saturated rings. The van der Waals surface area contributed by atoms with Crippen molar-refractivity contribution in [3.8, 4) is 6.07 Å². The predicted molar refractivity (Wildman–Crippen MR) is 155 cm³/mol. The Morgan fingerprint density at radius 1 is 0.932 bits per heavy atom. The van der Waals surface area contributed by atoms with Crippen LogP contribution in [0.4, 0.5) is 5.82 Å². The number of benzene rings is 2. The Morgan fingerprint density at radius 3 is 2.11 bits per heavy atom. The minimum atomic E-state index is -1.15. The molecule has 13 nitrogen and oxygen atoms in total. The molecule has 0 saturated carbocycles. The van der Waals surface area contributed by atoms with Crippen LogP contribution in [0.5, 0.6) is 0 Å². The van der Waals surface area contributed by atoms with E-state index in [-0.39, 0.29) is 24.0 Å². The SMILES string of the molecule is CC(=O)OCC1OC(n2cnc3c(NCC(c4ccccc4)c4ccccc4)nc(C#N)nc32)C(OC(C)=O)C1OC(C)=O. The maximum atomic E-state index is 12.1. The van der Waals surface area contributed by atoms with Crippen LogP contribution in [0.25, 0.3) is 11.2 Å². The minimum absolute atomic E-state index is 0.0481. The summed E-state index contributed by atoms with van der Waals surface area (Å²) in [6.45, 7) is 3.80. The van der Waals surface area contributed by atoms with Gasteiger partial charge in [0.25, 0.3) is 0 Å². The molecular formula is C31H30N6O7. The number of hydrogen-bond acceptors (Lipinski definition) is 12. The van der Waals surface area contributed by atoms with Crippen LogP contribution in [0.1, 0.15) is 49.9 Å². The van der Waals surface area contributed by atoms with Gasteiger partial charge >= 0.3 is 17.9 Å². The van der Waals surface area contributed by atoms with Gasteiger partial charge in [0.05, 0.1) is 6.33 Å². The van der Waals surface area contributed by atoms with Gasteiger partial charge in [-0.1, -0.05) is 60.7 Å². The van der Waals surface area contributed by atoms with E-state index in [0.717, 1.165) is 11.1 Å². The van der Waals surface area contributed by atoms with E-state index in [2.05, 4.69) is 20.3 Å². The second-order valence-corrected chi connectivity index (χ2v) is 10.1. The summed E-state index contributed by atoms with van der Waals surface area (Å²) in [6.07, 6.45) is -2.90. The van der Waals surface area contributed by atoms with Crippen molar-refractivity contribution in [1.82, 2.24) is 19.5 Å². The number of aromatic nitrogens is 4. The smallest absolute Gasteiger partial charge is 0.303 e. The molecule has 0 bridgehead atoms. The number of fused-ring (bicyclic) bond motifs is 1. The number of nitriles is 1. The number of hydrogen-bond donors (Lipinski definition) is 1. The molecule has 0 radical (unpaired) electrons. The second kappa shape index (κ2) is 13.3. The summed E-state index contributed by atoms with van der Waals surface area (Å²) in [5, 5.41) is 13.1. The van der Waals surface area contributed by atoms with E-state index in [4.69, 9.17) is 18.9 Å². The van der Waals surface area contributed by atoms with E-state index in [0.29, 0.717) is 17.9 Å². The topological polar surface area (TPSA) is 168 Å². The third-order valence-corrected chi connectivity index (χ3v) is 7.01. The van der Waals surface area contributed by atoms with Crippen molar-refractivity contribution in [3.63, 3.8) is 0 Å². The fourth-order valence-electron chi connectivity index (χ4n) is 5.19. The van der Waals surface area contributed by atoms with Crippen LogP contribution in [-0.2, 0) is 33.3 Å². The highest BCUT2D eigenvalue weighted by atomic mass is 16.7. The lowest BCUT2D eigenvalue weighted by atomic mass is 9.91. The lowest BCUT2D eigenvalue weighted by Crippen LogP contribution is -2.40. The van der Waals surface area contributed by atoms with E-state index in [9.17, 15) is 19.6 Å². The number of nitrogens with zero attached hydrogens (tertiary/aromatic N) is 5. The summed E-state index contributed by atoms with van der Waals surface area (Å²) in [7, 11) is 0. The van der Waals surface area contributed by atoms with Crippen LogP contribution in [0.15, 0.2) is 67.0 Å². The van der Waals surface area contributed by atoms with Gasteiger partial charge in [-0.3, -0.25) is 19.0 Å². The van der Waals surface area contributed by atoms with Gasteiger partial charge in [0.1, 0.15) is 18.8 Å². The van der Waals surface area contributed by atoms with Gasteiger partial charge in [-0.15, -0.1) is 0 Å². The summed E-state index contributed by atoms with van der Waals surface area (Å²) < 4.78 is 23.8. The van der Waals surface area contributed by atoms with Crippen molar-refractivity contribution < 1.29 is 33.3 Å². The van der Waals surface area contributed by atoms with E-state index >= 15 is 0 Å². The van der Waals surface area contributed by atoms with Crippen molar-refractivity contribution >= 4 is 34.9 Å². The summed E-state index contributed by atoms with van der Waals surface area (Å²) in [4.78, 5) is 48.9. The monoisotopic (exact) mass is 598 g/mol. The maximum Gasteiger partial charge on any atom is 0.303 e. The minimum Gasteiger partial charge on any atom is -0.463 e. The van der Waals surface area contributed by atoms with Gasteiger partial charge in [0, 0.05) is 33.2 Å². The van der Waals surface area contributed by atoms with E-state index in [1.54, 1.807) is 0 Å². The fraction of sp³-hybridized carbons (Fsp3) is 0.323. The van der Waals surface area contributed by atoms with E-state index in [1.165, 1.54) is 31.7 Å². The van der Waals surface area contributed by atoms with Gasteiger partial charge in [-0.2, -0.15) is 15.2 Å². The fourth-order valence-corrected chi connectivity index (χ4v) is 5.19. The second-order valence-electron chi connectivity index (χ2n) is 10.1. The Morgan fingerprint density at radius 2 is 1.55 bits per heavy atom. The van der Waals surface area contributed by atoms with Gasteiger partial charge in [-0.25, -0.2) is 4.98 Å². The normalized spacial score (nSPS) is 19.3. The number of ether oxygens (including phenoxy) is 4. The van der Waals surface area contributed by atoms with Crippen LogP contribution in [0, 0.1) is 11.3 Å². The van der Waals surface area contributed by atoms with Gasteiger partial charge < -0.3 is 24.3 Å². The van der Waals surface area contributed by atoms with Crippen LogP contribution in [-0.4, -0.2) is 68.9 Å². The molecule has 13 heteroatoms. The van der Waals surface area contributed by atoms with Gasteiger partial charge in [-0.05, 0) is 11.1 Å². The Balaban J connectivity index is 1.52. The molecule has 0 amide bonds. The molecule has 0 aliphatic carbocycles.